The van der Waals surface area contributed by atoms with Crippen LogP contribution in [0.4, 0.5) is 11.4 Å². The molecular weight excluding hydrogens is 264 g/mol. The summed E-state index contributed by atoms with van der Waals surface area (Å²) in [5, 5.41) is 6.12. The van der Waals surface area contributed by atoms with Crippen LogP contribution in [0.2, 0.25) is 0 Å². The number of rotatable bonds is 1. The van der Waals surface area contributed by atoms with Crippen molar-refractivity contribution in [2.75, 3.05) is 5.32 Å². The molecule has 5 heteroatoms. The van der Waals surface area contributed by atoms with Gasteiger partial charge in [-0.15, -0.1) is 0 Å². The number of hydrogen-bond donors (Lipinski definition) is 2. The summed E-state index contributed by atoms with van der Waals surface area (Å²) >= 11 is 0. The second-order valence-electron chi connectivity index (χ2n) is 5.25. The molecule has 0 bridgehead atoms. The number of fused-ring (bicyclic) bond motifs is 2. The second-order valence-corrected chi connectivity index (χ2v) is 5.25. The van der Waals surface area contributed by atoms with Gasteiger partial charge in [0.15, 0.2) is 5.69 Å². The van der Waals surface area contributed by atoms with Gasteiger partial charge in [-0.3, -0.25) is 9.78 Å². The maximum atomic E-state index is 12.3. The van der Waals surface area contributed by atoms with Crippen molar-refractivity contribution >= 4 is 17.3 Å². The average Bonchev–Trinajstić information content (AvgIpc) is 3.08. The van der Waals surface area contributed by atoms with Crippen molar-refractivity contribution in [2.24, 2.45) is 0 Å². The van der Waals surface area contributed by atoms with E-state index in [0.29, 0.717) is 5.69 Å². The van der Waals surface area contributed by atoms with Crippen LogP contribution in [0.15, 0.2) is 30.3 Å². The van der Waals surface area contributed by atoms with Gasteiger partial charge in [-0.05, 0) is 23.3 Å². The Morgan fingerprint density at radius 1 is 1.24 bits per heavy atom. The van der Waals surface area contributed by atoms with E-state index in [-0.39, 0.29) is 5.91 Å². The smallest absolute Gasteiger partial charge is 0.238 e. The molecule has 3 heterocycles. The maximum Gasteiger partial charge on any atom is 0.238 e. The Labute approximate surface area is 121 Å². The first-order chi connectivity index (χ1) is 10.3. The molecule has 0 saturated heterocycles. The largest absolute Gasteiger partial charge is 0.325 e. The van der Waals surface area contributed by atoms with E-state index < -0.39 is 5.92 Å². The number of carbonyl (C=O) groups excluding carboxylic acids is 1. The monoisotopic (exact) mass is 276 g/mol. The molecule has 21 heavy (non-hydrogen) atoms. The van der Waals surface area contributed by atoms with E-state index in [4.69, 9.17) is 6.57 Å². The molecule has 1 amide bonds. The summed E-state index contributed by atoms with van der Waals surface area (Å²) in [5.41, 5.74) is 5.10. The fourth-order valence-corrected chi connectivity index (χ4v) is 2.95. The summed E-state index contributed by atoms with van der Waals surface area (Å²) in [6, 6.07) is 9.22. The van der Waals surface area contributed by atoms with E-state index >= 15 is 0 Å². The van der Waals surface area contributed by atoms with Gasteiger partial charge < -0.3 is 10.6 Å². The standard InChI is InChI=1S/C16H12N4O/c1-17-10-3-5-12-11(6-10)15(16(21)20-12)13-4-2-9-7-18-8-14(9)19-13/h2-6,15,18H,7-8H2,(H,20,21). The summed E-state index contributed by atoms with van der Waals surface area (Å²) in [6.45, 7) is 8.70. The minimum Gasteiger partial charge on any atom is -0.325 e. The fraction of sp³-hybridized carbons (Fsp3) is 0.188. The van der Waals surface area contributed by atoms with Gasteiger partial charge in [-0.2, -0.15) is 0 Å². The van der Waals surface area contributed by atoms with E-state index in [1.165, 1.54) is 5.56 Å². The van der Waals surface area contributed by atoms with Crippen molar-refractivity contribution in [1.82, 2.24) is 10.3 Å². The number of hydrogen-bond acceptors (Lipinski definition) is 3. The Kier molecular flexibility index (Phi) is 2.53. The van der Waals surface area contributed by atoms with Crippen molar-refractivity contribution in [2.45, 2.75) is 19.0 Å². The Morgan fingerprint density at radius 2 is 2.14 bits per heavy atom. The minimum absolute atomic E-state index is 0.0782. The van der Waals surface area contributed by atoms with Gasteiger partial charge in [-0.25, -0.2) is 4.85 Å². The molecule has 4 rings (SSSR count). The summed E-state index contributed by atoms with van der Waals surface area (Å²) in [6.07, 6.45) is 0. The zero-order valence-corrected chi connectivity index (χ0v) is 11.2. The molecule has 0 radical (unpaired) electrons. The quantitative estimate of drug-likeness (QED) is 0.786. The van der Waals surface area contributed by atoms with Gasteiger partial charge in [0.1, 0.15) is 5.92 Å². The number of anilines is 1. The van der Waals surface area contributed by atoms with Gasteiger partial charge in [0.05, 0.1) is 18.0 Å². The van der Waals surface area contributed by atoms with Gasteiger partial charge in [0.2, 0.25) is 5.91 Å². The highest BCUT2D eigenvalue weighted by Crippen LogP contribution is 2.38. The average molecular weight is 276 g/mol. The second kappa shape index (κ2) is 4.40. The summed E-state index contributed by atoms with van der Waals surface area (Å²) in [7, 11) is 0. The molecule has 102 valence electrons. The molecule has 2 aromatic rings. The highest BCUT2D eigenvalue weighted by Gasteiger charge is 2.33. The van der Waals surface area contributed by atoms with Crippen molar-refractivity contribution in [3.63, 3.8) is 0 Å². The van der Waals surface area contributed by atoms with Gasteiger partial charge in [-0.1, -0.05) is 18.2 Å². The van der Waals surface area contributed by atoms with Crippen LogP contribution >= 0.6 is 0 Å². The van der Waals surface area contributed by atoms with Crippen LogP contribution in [0.5, 0.6) is 0 Å². The van der Waals surface area contributed by atoms with Crippen molar-refractivity contribution < 1.29 is 4.79 Å². The van der Waals surface area contributed by atoms with E-state index in [0.717, 1.165) is 35.7 Å². The van der Waals surface area contributed by atoms with Crippen LogP contribution in [0, 0.1) is 6.57 Å². The van der Waals surface area contributed by atoms with E-state index in [1.807, 2.05) is 12.1 Å². The lowest BCUT2D eigenvalue weighted by Crippen LogP contribution is -2.15. The topological polar surface area (TPSA) is 58.4 Å². The van der Waals surface area contributed by atoms with E-state index in [2.05, 4.69) is 20.5 Å². The van der Waals surface area contributed by atoms with E-state index in [9.17, 15) is 4.79 Å². The molecule has 0 aliphatic carbocycles. The van der Waals surface area contributed by atoms with E-state index in [1.54, 1.807) is 18.2 Å². The number of nitrogens with zero attached hydrogens (tertiary/aromatic N) is 2. The number of nitrogens with one attached hydrogen (secondary N) is 2. The molecule has 2 N–H and O–H groups in total. The third-order valence-corrected chi connectivity index (χ3v) is 3.99. The minimum atomic E-state index is -0.424. The third-order valence-electron chi connectivity index (χ3n) is 3.99. The molecule has 2 aliphatic heterocycles. The third kappa shape index (κ3) is 1.81. The molecule has 1 unspecified atom stereocenters. The zero-order valence-electron chi connectivity index (χ0n) is 11.2. The summed E-state index contributed by atoms with van der Waals surface area (Å²) in [5.74, 6) is -0.502. The van der Waals surface area contributed by atoms with Crippen molar-refractivity contribution in [1.29, 1.82) is 0 Å². The number of carbonyl (C=O) groups is 1. The summed E-state index contributed by atoms with van der Waals surface area (Å²) in [4.78, 5) is 20.4. The molecular formula is C16H12N4O. The lowest BCUT2D eigenvalue weighted by Gasteiger charge is -2.10. The first-order valence-electron chi connectivity index (χ1n) is 6.78. The van der Waals surface area contributed by atoms with Gasteiger partial charge in [0, 0.05) is 18.8 Å². The molecule has 0 fully saturated rings. The highest BCUT2D eigenvalue weighted by atomic mass is 16.2. The number of pyridine rings is 1. The molecule has 1 aromatic carbocycles. The predicted octanol–water partition coefficient (Wildman–Crippen LogP) is 2.32. The molecule has 1 aromatic heterocycles. The van der Waals surface area contributed by atoms with Gasteiger partial charge in [0.25, 0.3) is 0 Å². The molecule has 2 aliphatic rings. The van der Waals surface area contributed by atoms with Crippen molar-refractivity contribution in [3.8, 4) is 0 Å². The lowest BCUT2D eigenvalue weighted by molar-refractivity contribution is -0.116. The van der Waals surface area contributed by atoms with Crippen LogP contribution in [0.25, 0.3) is 4.85 Å². The first kappa shape index (κ1) is 12.1. The first-order valence-corrected chi connectivity index (χ1v) is 6.78. The maximum absolute atomic E-state index is 12.3. The number of amides is 1. The number of benzene rings is 1. The van der Waals surface area contributed by atoms with Crippen LogP contribution in [-0.4, -0.2) is 10.9 Å². The zero-order chi connectivity index (χ0) is 14.4. The van der Waals surface area contributed by atoms with Crippen LogP contribution in [0.3, 0.4) is 0 Å². The Bertz CT molecular complexity index is 806. The Balaban J connectivity index is 1.83. The molecule has 5 nitrogen and oxygen atoms in total. The number of aromatic nitrogens is 1. The predicted molar refractivity (Wildman–Crippen MR) is 78.0 cm³/mol. The molecule has 0 saturated carbocycles. The molecule has 0 spiro atoms. The molecule has 1 atom stereocenters. The highest BCUT2D eigenvalue weighted by molar-refractivity contribution is 6.05. The van der Waals surface area contributed by atoms with Crippen LogP contribution < -0.4 is 10.6 Å². The van der Waals surface area contributed by atoms with Crippen LogP contribution in [0.1, 0.15) is 28.4 Å². The fourth-order valence-electron chi connectivity index (χ4n) is 2.95. The van der Waals surface area contributed by atoms with Crippen molar-refractivity contribution in [3.05, 3.63) is 64.3 Å². The van der Waals surface area contributed by atoms with Crippen LogP contribution in [-0.2, 0) is 17.9 Å². The SMILES string of the molecule is [C-]#[N+]c1ccc2c(c1)C(c1ccc3c(n1)CNC3)C(=O)N2. The van der Waals surface area contributed by atoms with Gasteiger partial charge >= 0.3 is 0 Å². The Morgan fingerprint density at radius 3 is 3.00 bits per heavy atom. The normalized spacial score (nSPS) is 18.8. The Hall–Kier alpha value is -2.71. The summed E-state index contributed by atoms with van der Waals surface area (Å²) < 4.78 is 0. The lowest BCUT2D eigenvalue weighted by atomic mass is 9.95.